The first-order chi connectivity index (χ1) is 19.2. The number of aliphatic imine (C=N–C) groups is 1. The second kappa shape index (κ2) is 12.8. The van der Waals surface area contributed by atoms with Gasteiger partial charge in [-0.25, -0.2) is 0 Å². The van der Waals surface area contributed by atoms with Crippen LogP contribution in [-0.2, 0) is 26.5 Å². The van der Waals surface area contributed by atoms with Crippen LogP contribution in [0.15, 0.2) is 59.6 Å². The average molecular weight is 634 g/mol. The predicted octanol–water partition coefficient (Wildman–Crippen LogP) is 10.2. The summed E-state index contributed by atoms with van der Waals surface area (Å²) >= 11 is -1.92. The van der Waals surface area contributed by atoms with Crippen molar-refractivity contribution in [1.82, 2.24) is 0 Å². The van der Waals surface area contributed by atoms with Gasteiger partial charge in [-0.05, 0) is 98.3 Å². The van der Waals surface area contributed by atoms with E-state index in [1.807, 2.05) is 24.4 Å². The number of phenols is 1. The summed E-state index contributed by atoms with van der Waals surface area (Å²) in [6.07, 6.45) is 10.7. The van der Waals surface area contributed by atoms with E-state index in [2.05, 4.69) is 50.2 Å². The van der Waals surface area contributed by atoms with Crippen molar-refractivity contribution >= 4 is 39.8 Å². The van der Waals surface area contributed by atoms with Crippen LogP contribution in [0.4, 0.5) is 5.69 Å². The molecule has 0 radical (unpaired) electrons. The van der Waals surface area contributed by atoms with Crippen LogP contribution in [0.2, 0.25) is 0 Å². The van der Waals surface area contributed by atoms with Crippen molar-refractivity contribution in [3.63, 3.8) is 0 Å². The average Bonchev–Trinajstić information content (AvgIpc) is 2.92. The van der Waals surface area contributed by atoms with E-state index in [9.17, 15) is 5.11 Å². The predicted molar refractivity (Wildman–Crippen MR) is 165 cm³/mol. The number of para-hydroxylation sites is 2. The maximum atomic E-state index is 11.6. The molecular weight excluding hydrogens is 597 g/mol. The van der Waals surface area contributed by atoms with Crippen LogP contribution < -0.4 is 4.74 Å². The third kappa shape index (κ3) is 6.30. The molecule has 3 aromatic carbocycles. The topological polar surface area (TPSA) is 41.8 Å². The Bertz CT molecular complexity index is 1350. The summed E-state index contributed by atoms with van der Waals surface area (Å²) in [7, 11) is 16.7. The molecule has 4 aliphatic carbocycles. The number of nitrogens with zero attached hydrogens (tertiary/aromatic N) is 1. The van der Waals surface area contributed by atoms with Crippen molar-refractivity contribution in [3.05, 3.63) is 76.9 Å². The zero-order valence-corrected chi connectivity index (χ0v) is 27.2. The summed E-state index contributed by atoms with van der Waals surface area (Å²) in [6.45, 7) is 4.30. The molecule has 0 aromatic heterocycles. The SMILES string of the molecule is CCc1cccc(-c2ccccc2N=Cc2cc(C)cc(C34CC5CC(CC(C5)C3)C4)c2O)c1OC.[Cl][Ti]([Cl])[Cl]. The summed E-state index contributed by atoms with van der Waals surface area (Å²) in [4.78, 5) is 4.93. The van der Waals surface area contributed by atoms with Crippen molar-refractivity contribution < 1.29 is 24.5 Å². The van der Waals surface area contributed by atoms with E-state index in [4.69, 9.17) is 37.6 Å². The first kappa shape index (κ1) is 30.0. The number of aryl methyl sites for hydroxylation is 2. The second-order valence-corrected chi connectivity index (χ2v) is 19.5. The first-order valence-corrected chi connectivity index (χ1v) is 20.6. The normalized spacial score (nSPS) is 24.6. The molecule has 7 heteroatoms. The fraction of sp³-hybridized carbons (Fsp3) is 0.424. The summed E-state index contributed by atoms with van der Waals surface area (Å²) < 4.78 is 5.82. The van der Waals surface area contributed by atoms with Crippen LogP contribution in [0, 0.1) is 24.7 Å². The third-order valence-corrected chi connectivity index (χ3v) is 9.11. The van der Waals surface area contributed by atoms with Gasteiger partial charge in [0.05, 0.1) is 12.8 Å². The Morgan fingerprint density at radius 3 is 2.15 bits per heavy atom. The number of halogens is 3. The van der Waals surface area contributed by atoms with E-state index >= 15 is 0 Å². The zero-order valence-electron chi connectivity index (χ0n) is 23.4. The van der Waals surface area contributed by atoms with E-state index in [0.717, 1.165) is 52.3 Å². The number of phenolic OH excluding ortho intramolecular Hbond substituents is 1. The molecule has 4 saturated carbocycles. The van der Waals surface area contributed by atoms with Gasteiger partial charge in [-0.1, -0.05) is 49.4 Å². The molecule has 3 aromatic rings. The Labute approximate surface area is 256 Å². The van der Waals surface area contributed by atoms with Crippen molar-refractivity contribution in [2.75, 3.05) is 7.11 Å². The fourth-order valence-electron chi connectivity index (χ4n) is 8.02. The molecule has 0 heterocycles. The van der Waals surface area contributed by atoms with Crippen LogP contribution in [0.1, 0.15) is 67.7 Å². The van der Waals surface area contributed by atoms with Crippen molar-refractivity contribution in [1.29, 1.82) is 0 Å². The minimum atomic E-state index is -1.92. The van der Waals surface area contributed by atoms with Crippen LogP contribution in [-0.4, -0.2) is 18.4 Å². The number of hydrogen-bond acceptors (Lipinski definition) is 3. The molecule has 4 bridgehead atoms. The first-order valence-electron chi connectivity index (χ1n) is 14.2. The van der Waals surface area contributed by atoms with Crippen LogP contribution in [0.3, 0.4) is 0 Å². The molecule has 3 nitrogen and oxygen atoms in total. The van der Waals surface area contributed by atoms with Gasteiger partial charge in [0.1, 0.15) is 11.5 Å². The van der Waals surface area contributed by atoms with E-state index in [1.165, 1.54) is 55.2 Å². The van der Waals surface area contributed by atoms with Crippen molar-refractivity contribution in [2.24, 2.45) is 22.7 Å². The third-order valence-electron chi connectivity index (χ3n) is 9.11. The van der Waals surface area contributed by atoms with Gasteiger partial charge >= 0.3 is 42.6 Å². The van der Waals surface area contributed by atoms with E-state index in [1.54, 1.807) is 7.11 Å². The second-order valence-electron chi connectivity index (χ2n) is 11.8. The molecule has 0 spiro atoms. The molecule has 0 amide bonds. The van der Waals surface area contributed by atoms with Gasteiger partial charge in [-0.15, -0.1) is 0 Å². The van der Waals surface area contributed by atoms with E-state index in [-0.39, 0.29) is 5.41 Å². The quantitative estimate of drug-likeness (QED) is 0.217. The zero-order chi connectivity index (χ0) is 28.4. The van der Waals surface area contributed by atoms with E-state index in [0.29, 0.717) is 5.75 Å². The van der Waals surface area contributed by atoms with Gasteiger partial charge in [0.2, 0.25) is 0 Å². The number of ether oxygens (including phenoxy) is 1. The number of benzene rings is 3. The van der Waals surface area contributed by atoms with Gasteiger partial charge < -0.3 is 9.84 Å². The Balaban J connectivity index is 0.000000758. The minimum absolute atomic E-state index is 0.152. The molecule has 1 N–H and O–H groups in total. The molecule has 0 aliphatic heterocycles. The van der Waals surface area contributed by atoms with E-state index < -0.39 is 14.7 Å². The summed E-state index contributed by atoms with van der Waals surface area (Å²) in [5.74, 6) is 3.87. The van der Waals surface area contributed by atoms with Gasteiger partial charge in [0.25, 0.3) is 0 Å². The molecule has 4 fully saturated rings. The van der Waals surface area contributed by atoms with Gasteiger partial charge in [0, 0.05) is 28.5 Å². The van der Waals surface area contributed by atoms with Crippen LogP contribution in [0.5, 0.6) is 11.5 Å². The molecule has 0 unspecified atom stereocenters. The maximum absolute atomic E-state index is 11.6. The van der Waals surface area contributed by atoms with Crippen LogP contribution >= 0.6 is 27.9 Å². The Morgan fingerprint density at radius 1 is 0.950 bits per heavy atom. The molecular formula is C33H37Cl3NO2Ti. The van der Waals surface area contributed by atoms with Crippen molar-refractivity contribution in [3.8, 4) is 22.6 Å². The fourth-order valence-corrected chi connectivity index (χ4v) is 8.02. The molecule has 211 valence electrons. The number of methoxy groups -OCH3 is 1. The van der Waals surface area contributed by atoms with Gasteiger partial charge in [0.15, 0.2) is 0 Å². The summed E-state index contributed by atoms with van der Waals surface area (Å²) in [5.41, 5.74) is 7.50. The van der Waals surface area contributed by atoms with Crippen LogP contribution in [0.25, 0.3) is 11.1 Å². The molecule has 7 rings (SSSR count). The summed E-state index contributed by atoms with van der Waals surface area (Å²) in [5, 5.41) is 11.6. The monoisotopic (exact) mass is 632 g/mol. The number of rotatable bonds is 6. The van der Waals surface area contributed by atoms with Crippen molar-refractivity contribution in [2.45, 2.75) is 64.2 Å². The molecule has 0 atom stereocenters. The number of hydrogen-bond donors (Lipinski definition) is 1. The molecule has 0 saturated heterocycles. The Morgan fingerprint density at radius 2 is 1.55 bits per heavy atom. The standard InChI is InChI=1S/C33H37NO2.3ClH.Ti/c1-4-25-8-7-10-28(32(25)36-3)27-9-5-6-11-30(27)34-20-26-12-21(2)13-29(31(26)35)33-17-22-14-23(18-33)16-24(15-22)19-33;;;;/h5-13,20,22-24,35H,4,14-19H2,1-3H3;3*1H;/q;;;;+3/p-3. The number of aromatic hydroxyl groups is 1. The van der Waals surface area contributed by atoms with Gasteiger partial charge in [-0.2, -0.15) is 0 Å². The Hall–Kier alpha value is -1.49. The molecule has 4 aliphatic rings. The summed E-state index contributed by atoms with van der Waals surface area (Å²) in [6, 6.07) is 18.8. The van der Waals surface area contributed by atoms with Gasteiger partial charge in [-0.3, -0.25) is 4.99 Å². The molecule has 40 heavy (non-hydrogen) atoms. The Kier molecular flexibility index (Phi) is 9.60.